The Hall–Kier alpha value is -2.92. The number of hydrogen-bond donors (Lipinski definition) is 1. The summed E-state index contributed by atoms with van der Waals surface area (Å²) in [6.45, 7) is 6.11. The first kappa shape index (κ1) is 19.4. The molecule has 4 rings (SSSR count). The van der Waals surface area contributed by atoms with E-state index in [-0.39, 0.29) is 12.0 Å². The van der Waals surface area contributed by atoms with Gasteiger partial charge in [-0.15, -0.1) is 0 Å². The van der Waals surface area contributed by atoms with Gasteiger partial charge >= 0.3 is 0 Å². The van der Waals surface area contributed by atoms with Crippen LogP contribution < -0.4 is 5.32 Å². The quantitative estimate of drug-likeness (QED) is 0.690. The van der Waals surface area contributed by atoms with E-state index in [0.29, 0.717) is 24.3 Å². The van der Waals surface area contributed by atoms with Gasteiger partial charge in [0, 0.05) is 24.9 Å². The Labute approximate surface area is 171 Å². The number of aryl methyl sites for hydroxylation is 2. The summed E-state index contributed by atoms with van der Waals surface area (Å²) in [7, 11) is 0. The largest absolute Gasteiger partial charge is 0.376 e. The van der Waals surface area contributed by atoms with Crippen LogP contribution >= 0.6 is 0 Å². The van der Waals surface area contributed by atoms with E-state index in [9.17, 15) is 4.79 Å². The van der Waals surface area contributed by atoms with E-state index in [1.807, 2.05) is 35.1 Å². The molecule has 1 aromatic heterocycles. The molecule has 1 fully saturated rings. The van der Waals surface area contributed by atoms with Gasteiger partial charge < -0.3 is 10.1 Å². The van der Waals surface area contributed by atoms with Gasteiger partial charge in [0.2, 0.25) is 0 Å². The highest BCUT2D eigenvalue weighted by atomic mass is 16.5. The van der Waals surface area contributed by atoms with Crippen LogP contribution in [0.2, 0.25) is 0 Å². The number of amides is 1. The molecule has 0 spiro atoms. The van der Waals surface area contributed by atoms with E-state index in [2.05, 4.69) is 43.4 Å². The average Bonchev–Trinajstić information content (AvgIpc) is 3.39. The van der Waals surface area contributed by atoms with Crippen molar-refractivity contribution in [3.05, 3.63) is 77.0 Å². The third kappa shape index (κ3) is 4.57. The van der Waals surface area contributed by atoms with E-state index in [0.717, 1.165) is 30.6 Å². The minimum absolute atomic E-state index is 0.104. The summed E-state index contributed by atoms with van der Waals surface area (Å²) in [5.41, 5.74) is 5.83. The Bertz CT molecular complexity index is 989. The molecule has 0 radical (unpaired) electrons. The predicted molar refractivity (Wildman–Crippen MR) is 114 cm³/mol. The van der Waals surface area contributed by atoms with Crippen molar-refractivity contribution in [1.82, 2.24) is 15.1 Å². The van der Waals surface area contributed by atoms with Gasteiger partial charge in [-0.25, -0.2) is 0 Å². The number of ether oxygens (including phenoxy) is 1. The molecule has 150 valence electrons. The van der Waals surface area contributed by atoms with Gasteiger partial charge in [-0.3, -0.25) is 9.48 Å². The van der Waals surface area contributed by atoms with Crippen molar-refractivity contribution in [2.75, 3.05) is 13.2 Å². The van der Waals surface area contributed by atoms with Gasteiger partial charge in [0.15, 0.2) is 0 Å². The number of benzene rings is 2. The van der Waals surface area contributed by atoms with Crippen LogP contribution in [0.4, 0.5) is 0 Å². The second-order valence-corrected chi connectivity index (χ2v) is 7.72. The maximum Gasteiger partial charge on any atom is 0.255 e. The first-order valence-corrected chi connectivity index (χ1v) is 10.2. The van der Waals surface area contributed by atoms with Crippen LogP contribution in [0.3, 0.4) is 0 Å². The second kappa shape index (κ2) is 8.62. The Morgan fingerprint density at radius 2 is 2.00 bits per heavy atom. The minimum Gasteiger partial charge on any atom is -0.376 e. The molecule has 1 N–H and O–H groups in total. The molecule has 0 saturated carbocycles. The van der Waals surface area contributed by atoms with Crippen LogP contribution in [0, 0.1) is 13.8 Å². The van der Waals surface area contributed by atoms with Crippen LogP contribution in [0.1, 0.15) is 39.9 Å². The van der Waals surface area contributed by atoms with Gasteiger partial charge in [-0.05, 0) is 49.4 Å². The van der Waals surface area contributed by atoms with E-state index < -0.39 is 0 Å². The predicted octanol–water partition coefficient (Wildman–Crippen LogP) is 4.12. The van der Waals surface area contributed by atoms with Crippen molar-refractivity contribution in [3.63, 3.8) is 0 Å². The molecule has 1 aliphatic heterocycles. The lowest BCUT2D eigenvalue weighted by atomic mass is 10.0. The molecule has 0 unspecified atom stereocenters. The number of nitrogens with one attached hydrogen (secondary N) is 1. The first-order valence-electron chi connectivity index (χ1n) is 10.2. The fraction of sp³-hybridized carbons (Fsp3) is 0.333. The van der Waals surface area contributed by atoms with Gasteiger partial charge in [0.1, 0.15) is 5.69 Å². The number of carbonyl (C=O) groups is 1. The lowest BCUT2D eigenvalue weighted by molar-refractivity contribution is 0.0858. The number of rotatable bonds is 6. The number of carbonyl (C=O) groups excluding carboxylic acids is 1. The van der Waals surface area contributed by atoms with Gasteiger partial charge in [0.25, 0.3) is 5.91 Å². The number of aromatic nitrogens is 2. The monoisotopic (exact) mass is 389 g/mol. The molecule has 1 amide bonds. The molecular formula is C24H27N3O2. The van der Waals surface area contributed by atoms with Crippen molar-refractivity contribution in [3.8, 4) is 11.3 Å². The second-order valence-electron chi connectivity index (χ2n) is 7.72. The summed E-state index contributed by atoms with van der Waals surface area (Å²) < 4.78 is 7.48. The summed E-state index contributed by atoms with van der Waals surface area (Å²) in [6, 6.07) is 16.4. The molecule has 2 aromatic carbocycles. The summed E-state index contributed by atoms with van der Waals surface area (Å²) in [5.74, 6) is -0.104. The average molecular weight is 389 g/mol. The normalized spacial score (nSPS) is 16.1. The van der Waals surface area contributed by atoms with Crippen molar-refractivity contribution < 1.29 is 9.53 Å². The fourth-order valence-electron chi connectivity index (χ4n) is 3.65. The molecule has 2 heterocycles. The van der Waals surface area contributed by atoms with E-state index in [4.69, 9.17) is 9.84 Å². The molecule has 29 heavy (non-hydrogen) atoms. The van der Waals surface area contributed by atoms with Crippen molar-refractivity contribution in [2.45, 2.75) is 39.3 Å². The van der Waals surface area contributed by atoms with Gasteiger partial charge in [-0.2, -0.15) is 5.10 Å². The van der Waals surface area contributed by atoms with Crippen LogP contribution in [-0.4, -0.2) is 34.9 Å². The standard InChI is InChI=1S/C24H27N3O2/c1-17-10-11-20(13-18(17)2)23-22(24(28)25-14-21-9-6-12-29-21)16-27(26-23)15-19-7-4-3-5-8-19/h3-5,7-8,10-11,13,16,21H,6,9,12,14-15H2,1-2H3,(H,25,28)/t21-/m1/s1. The van der Waals surface area contributed by atoms with Crippen LogP contribution in [0.15, 0.2) is 54.7 Å². The van der Waals surface area contributed by atoms with Crippen molar-refractivity contribution in [1.29, 1.82) is 0 Å². The fourth-order valence-corrected chi connectivity index (χ4v) is 3.65. The molecule has 5 heteroatoms. The summed E-state index contributed by atoms with van der Waals surface area (Å²) in [6.07, 6.45) is 4.02. The number of nitrogens with zero attached hydrogens (tertiary/aromatic N) is 2. The van der Waals surface area contributed by atoms with Crippen LogP contribution in [-0.2, 0) is 11.3 Å². The molecule has 0 bridgehead atoms. The van der Waals surface area contributed by atoms with Crippen LogP contribution in [0.5, 0.6) is 0 Å². The zero-order chi connectivity index (χ0) is 20.2. The van der Waals surface area contributed by atoms with E-state index in [1.165, 1.54) is 11.1 Å². The lowest BCUT2D eigenvalue weighted by Crippen LogP contribution is -2.31. The third-order valence-corrected chi connectivity index (χ3v) is 5.49. The number of hydrogen-bond acceptors (Lipinski definition) is 3. The Morgan fingerprint density at radius 1 is 1.17 bits per heavy atom. The Kier molecular flexibility index (Phi) is 5.76. The van der Waals surface area contributed by atoms with E-state index >= 15 is 0 Å². The Balaban J connectivity index is 1.63. The molecule has 5 nitrogen and oxygen atoms in total. The SMILES string of the molecule is Cc1ccc(-c2nn(Cc3ccccc3)cc2C(=O)NC[C@H]2CCCO2)cc1C. The zero-order valence-corrected chi connectivity index (χ0v) is 17.0. The molecular weight excluding hydrogens is 362 g/mol. The smallest absolute Gasteiger partial charge is 0.255 e. The first-order chi connectivity index (χ1) is 14.1. The molecule has 1 atom stereocenters. The molecule has 1 saturated heterocycles. The van der Waals surface area contributed by atoms with Gasteiger partial charge in [0.05, 0.1) is 18.2 Å². The maximum atomic E-state index is 13.0. The minimum atomic E-state index is -0.104. The molecule has 3 aromatic rings. The van der Waals surface area contributed by atoms with E-state index in [1.54, 1.807) is 0 Å². The maximum absolute atomic E-state index is 13.0. The Morgan fingerprint density at radius 3 is 2.72 bits per heavy atom. The van der Waals surface area contributed by atoms with Crippen molar-refractivity contribution >= 4 is 5.91 Å². The highest BCUT2D eigenvalue weighted by molar-refractivity contribution is 5.99. The molecule has 0 aliphatic carbocycles. The summed E-state index contributed by atoms with van der Waals surface area (Å²) in [4.78, 5) is 13.0. The zero-order valence-electron chi connectivity index (χ0n) is 17.0. The lowest BCUT2D eigenvalue weighted by Gasteiger charge is -2.11. The topological polar surface area (TPSA) is 56.2 Å². The highest BCUT2D eigenvalue weighted by Gasteiger charge is 2.21. The third-order valence-electron chi connectivity index (χ3n) is 5.49. The molecule has 1 aliphatic rings. The van der Waals surface area contributed by atoms with Gasteiger partial charge in [-0.1, -0.05) is 42.5 Å². The highest BCUT2D eigenvalue weighted by Crippen LogP contribution is 2.25. The summed E-state index contributed by atoms with van der Waals surface area (Å²) >= 11 is 0. The van der Waals surface area contributed by atoms with Crippen molar-refractivity contribution in [2.24, 2.45) is 0 Å². The van der Waals surface area contributed by atoms with Crippen LogP contribution in [0.25, 0.3) is 11.3 Å². The summed E-state index contributed by atoms with van der Waals surface area (Å²) in [5, 5.41) is 7.81.